The molecule has 0 aliphatic carbocycles. The fourth-order valence-electron chi connectivity index (χ4n) is 2.29. The summed E-state index contributed by atoms with van der Waals surface area (Å²) in [6, 6.07) is 9.70. The number of hydrogen-bond donors (Lipinski definition) is 2. The first-order valence-electron chi connectivity index (χ1n) is 7.73. The van der Waals surface area contributed by atoms with E-state index in [1.807, 2.05) is 0 Å². The molecule has 0 saturated carbocycles. The fraction of sp³-hybridized carbons (Fsp3) is 0.111. The van der Waals surface area contributed by atoms with Gasteiger partial charge in [-0.1, -0.05) is 11.6 Å². The second-order valence-electron chi connectivity index (χ2n) is 5.51. The number of furan rings is 1. The highest BCUT2D eigenvalue weighted by atomic mass is 35.5. The zero-order chi connectivity index (χ0) is 19.4. The van der Waals surface area contributed by atoms with E-state index in [9.17, 15) is 18.0 Å². The van der Waals surface area contributed by atoms with E-state index in [0.717, 1.165) is 6.07 Å². The molecular formula is C18H13ClF3N3O2. The fourth-order valence-corrected chi connectivity index (χ4v) is 2.46. The lowest BCUT2D eigenvalue weighted by atomic mass is 10.1. The van der Waals surface area contributed by atoms with Gasteiger partial charge in [-0.15, -0.1) is 0 Å². The van der Waals surface area contributed by atoms with Crippen LogP contribution in [0.2, 0.25) is 5.02 Å². The van der Waals surface area contributed by atoms with Crippen LogP contribution < -0.4 is 10.6 Å². The van der Waals surface area contributed by atoms with E-state index in [4.69, 9.17) is 16.0 Å². The molecule has 0 radical (unpaired) electrons. The quantitative estimate of drug-likeness (QED) is 0.636. The van der Waals surface area contributed by atoms with Crippen molar-refractivity contribution in [3.63, 3.8) is 0 Å². The summed E-state index contributed by atoms with van der Waals surface area (Å²) in [4.78, 5) is 16.0. The van der Waals surface area contributed by atoms with E-state index in [0.29, 0.717) is 11.4 Å². The molecule has 5 nitrogen and oxygen atoms in total. The van der Waals surface area contributed by atoms with Crippen molar-refractivity contribution >= 4 is 28.9 Å². The molecule has 3 rings (SSSR count). The number of hydrogen-bond acceptors (Lipinski definition) is 4. The van der Waals surface area contributed by atoms with Gasteiger partial charge in [-0.25, -0.2) is 4.98 Å². The highest BCUT2D eigenvalue weighted by Gasteiger charge is 2.33. The van der Waals surface area contributed by atoms with E-state index >= 15 is 0 Å². The number of nitrogens with zero attached hydrogens (tertiary/aromatic N) is 1. The number of alkyl halides is 3. The average Bonchev–Trinajstić information content (AvgIpc) is 3.14. The number of aromatic nitrogens is 1. The van der Waals surface area contributed by atoms with Crippen LogP contribution in [-0.4, -0.2) is 10.9 Å². The van der Waals surface area contributed by atoms with Crippen LogP contribution in [0.25, 0.3) is 0 Å². The molecule has 0 saturated heterocycles. The summed E-state index contributed by atoms with van der Waals surface area (Å²) < 4.78 is 44.5. The maximum absolute atomic E-state index is 13.1. The molecule has 0 aliphatic heterocycles. The van der Waals surface area contributed by atoms with Crippen LogP contribution >= 0.6 is 11.6 Å². The number of amides is 1. The lowest BCUT2D eigenvalue weighted by molar-refractivity contribution is -0.136. The summed E-state index contributed by atoms with van der Waals surface area (Å²) in [6.07, 6.45) is -1.80. The standard InChI is InChI=1S/C18H13ClF3N3O2/c19-11-3-5-15(14(8-11)18(20,21)22)25-12-4-6-16(23-9-12)17(26)24-10-13-2-1-7-27-13/h1-9,25H,10H2,(H,24,26). The van der Waals surface area contributed by atoms with Crippen LogP contribution in [0, 0.1) is 0 Å². The zero-order valence-corrected chi connectivity index (χ0v) is 14.4. The summed E-state index contributed by atoms with van der Waals surface area (Å²) in [6.45, 7) is 0.202. The number of benzene rings is 1. The Balaban J connectivity index is 1.70. The van der Waals surface area contributed by atoms with Crippen molar-refractivity contribution in [1.82, 2.24) is 10.3 Å². The van der Waals surface area contributed by atoms with Gasteiger partial charge in [0.15, 0.2) is 0 Å². The number of halogens is 4. The zero-order valence-electron chi connectivity index (χ0n) is 13.7. The number of nitrogens with one attached hydrogen (secondary N) is 2. The molecule has 0 unspecified atom stereocenters. The maximum Gasteiger partial charge on any atom is 0.418 e. The van der Waals surface area contributed by atoms with Crippen LogP contribution in [0.4, 0.5) is 24.5 Å². The van der Waals surface area contributed by atoms with Gasteiger partial charge in [0.1, 0.15) is 11.5 Å². The van der Waals surface area contributed by atoms with Gasteiger partial charge in [-0.3, -0.25) is 4.79 Å². The van der Waals surface area contributed by atoms with E-state index in [-0.39, 0.29) is 22.9 Å². The van der Waals surface area contributed by atoms with Crippen molar-refractivity contribution in [3.05, 3.63) is 77.0 Å². The van der Waals surface area contributed by atoms with Crippen molar-refractivity contribution in [2.24, 2.45) is 0 Å². The Morgan fingerprint density at radius 3 is 2.63 bits per heavy atom. The van der Waals surface area contributed by atoms with Crippen molar-refractivity contribution < 1.29 is 22.4 Å². The highest BCUT2D eigenvalue weighted by Crippen LogP contribution is 2.37. The first kappa shape index (κ1) is 18.8. The summed E-state index contributed by atoms with van der Waals surface area (Å²) in [5.41, 5.74) is -0.636. The Bertz CT molecular complexity index is 926. The predicted molar refractivity (Wildman–Crippen MR) is 93.9 cm³/mol. The second kappa shape index (κ2) is 7.71. The Kier molecular flexibility index (Phi) is 5.36. The molecular weight excluding hydrogens is 383 g/mol. The molecule has 1 aromatic carbocycles. The molecule has 140 valence electrons. The Morgan fingerprint density at radius 1 is 1.19 bits per heavy atom. The molecule has 3 aromatic rings. The van der Waals surface area contributed by atoms with Gasteiger partial charge in [0.05, 0.1) is 35.9 Å². The Morgan fingerprint density at radius 2 is 2.00 bits per heavy atom. The number of carbonyl (C=O) groups is 1. The number of rotatable bonds is 5. The lowest BCUT2D eigenvalue weighted by Gasteiger charge is -2.15. The maximum atomic E-state index is 13.1. The molecule has 2 aromatic heterocycles. The van der Waals surface area contributed by atoms with E-state index in [1.54, 1.807) is 12.1 Å². The number of carbonyl (C=O) groups excluding carboxylic acids is 1. The Labute approximate surface area is 157 Å². The molecule has 2 heterocycles. The average molecular weight is 396 g/mol. The van der Waals surface area contributed by atoms with E-state index in [1.165, 1.54) is 36.7 Å². The first-order chi connectivity index (χ1) is 12.8. The van der Waals surface area contributed by atoms with Crippen molar-refractivity contribution in [2.45, 2.75) is 12.7 Å². The van der Waals surface area contributed by atoms with Crippen molar-refractivity contribution in [3.8, 4) is 0 Å². The molecule has 1 amide bonds. The van der Waals surface area contributed by atoms with Gasteiger partial charge in [-0.2, -0.15) is 13.2 Å². The molecule has 0 fully saturated rings. The smallest absolute Gasteiger partial charge is 0.418 e. The van der Waals surface area contributed by atoms with Crippen LogP contribution in [0.5, 0.6) is 0 Å². The van der Waals surface area contributed by atoms with Crippen LogP contribution in [-0.2, 0) is 12.7 Å². The highest BCUT2D eigenvalue weighted by molar-refractivity contribution is 6.30. The topological polar surface area (TPSA) is 67.2 Å². The third-order valence-corrected chi connectivity index (χ3v) is 3.80. The minimum Gasteiger partial charge on any atom is -0.467 e. The summed E-state index contributed by atoms with van der Waals surface area (Å²) in [5, 5.41) is 5.25. The van der Waals surface area contributed by atoms with Crippen molar-refractivity contribution in [2.75, 3.05) is 5.32 Å². The molecule has 0 bridgehead atoms. The van der Waals surface area contributed by atoms with Gasteiger partial charge in [0.2, 0.25) is 0 Å². The minimum absolute atomic E-state index is 0.0189. The number of pyridine rings is 1. The normalized spacial score (nSPS) is 11.3. The minimum atomic E-state index is -4.56. The lowest BCUT2D eigenvalue weighted by Crippen LogP contribution is -2.23. The van der Waals surface area contributed by atoms with Crippen LogP contribution in [0.15, 0.2) is 59.3 Å². The largest absolute Gasteiger partial charge is 0.467 e. The van der Waals surface area contributed by atoms with Gasteiger partial charge >= 0.3 is 6.18 Å². The number of anilines is 2. The second-order valence-corrected chi connectivity index (χ2v) is 5.94. The molecule has 9 heteroatoms. The summed E-state index contributed by atoms with van der Waals surface area (Å²) in [5.74, 6) is 0.157. The van der Waals surface area contributed by atoms with Gasteiger partial charge in [-0.05, 0) is 42.5 Å². The van der Waals surface area contributed by atoms with Gasteiger partial charge in [0.25, 0.3) is 5.91 Å². The van der Waals surface area contributed by atoms with Crippen molar-refractivity contribution in [1.29, 1.82) is 0 Å². The summed E-state index contributed by atoms with van der Waals surface area (Å²) >= 11 is 5.66. The Hall–Kier alpha value is -3.00. The first-order valence-corrected chi connectivity index (χ1v) is 8.11. The molecule has 2 N–H and O–H groups in total. The van der Waals surface area contributed by atoms with Crippen LogP contribution in [0.1, 0.15) is 21.8 Å². The van der Waals surface area contributed by atoms with Crippen LogP contribution in [0.3, 0.4) is 0 Å². The van der Waals surface area contributed by atoms with Gasteiger partial charge < -0.3 is 15.1 Å². The molecule has 0 spiro atoms. The third kappa shape index (κ3) is 4.79. The summed E-state index contributed by atoms with van der Waals surface area (Å²) in [7, 11) is 0. The third-order valence-electron chi connectivity index (χ3n) is 3.57. The molecule has 0 aliphatic rings. The molecule has 27 heavy (non-hydrogen) atoms. The van der Waals surface area contributed by atoms with E-state index < -0.39 is 17.6 Å². The SMILES string of the molecule is O=C(NCc1ccco1)c1ccc(Nc2ccc(Cl)cc2C(F)(F)F)cn1. The van der Waals surface area contributed by atoms with E-state index in [2.05, 4.69) is 15.6 Å². The molecule has 0 atom stereocenters. The van der Waals surface area contributed by atoms with Gasteiger partial charge in [0, 0.05) is 5.02 Å². The predicted octanol–water partition coefficient (Wildman–Crippen LogP) is 5.02. The monoisotopic (exact) mass is 395 g/mol.